The van der Waals surface area contributed by atoms with Crippen LogP contribution < -0.4 is 5.32 Å². The van der Waals surface area contributed by atoms with E-state index >= 15 is 0 Å². The van der Waals surface area contributed by atoms with E-state index in [0.717, 1.165) is 11.3 Å². The predicted octanol–water partition coefficient (Wildman–Crippen LogP) is 1.62. The lowest BCUT2D eigenvalue weighted by Crippen LogP contribution is -2.18. The first-order valence-corrected chi connectivity index (χ1v) is 7.24. The third-order valence-corrected chi connectivity index (χ3v) is 3.72. The third-order valence-electron chi connectivity index (χ3n) is 3.72. The normalized spacial score (nSPS) is 10.8. The molecule has 3 rings (SSSR count). The summed E-state index contributed by atoms with van der Waals surface area (Å²) in [6.45, 7) is 3.67. The molecule has 0 aliphatic rings. The van der Waals surface area contributed by atoms with E-state index in [0.29, 0.717) is 17.2 Å². The number of hydrogen-bond donors (Lipinski definition) is 2. The van der Waals surface area contributed by atoms with Crippen molar-refractivity contribution in [1.82, 2.24) is 19.6 Å². The molecule has 0 unspecified atom stereocenters. The van der Waals surface area contributed by atoms with Gasteiger partial charge in [-0.1, -0.05) is 6.07 Å². The molecule has 3 aromatic rings. The fraction of sp³-hybridized carbons (Fsp3) is 0.188. The number of aryl methyl sites for hydroxylation is 2. The molecule has 8 heteroatoms. The zero-order valence-electron chi connectivity index (χ0n) is 13.1. The molecule has 0 bridgehead atoms. The predicted molar refractivity (Wildman–Crippen MR) is 86.0 cm³/mol. The first-order chi connectivity index (χ1) is 11.5. The molecule has 8 nitrogen and oxygen atoms in total. The highest BCUT2D eigenvalue weighted by Gasteiger charge is 2.15. The van der Waals surface area contributed by atoms with Crippen molar-refractivity contribution in [1.29, 1.82) is 0 Å². The standard InChI is InChI=1S/C16H15N5O3/c1-9-13(10(2)21-16(19-9)17-8-18-21)7-14(22)20-12-5-3-4-11(6-12)15(23)24/h3-6,8H,7H2,1-2H3,(H,20,22)(H,23,24). The maximum atomic E-state index is 12.3. The van der Waals surface area contributed by atoms with Crippen molar-refractivity contribution in [3.63, 3.8) is 0 Å². The summed E-state index contributed by atoms with van der Waals surface area (Å²) >= 11 is 0. The van der Waals surface area contributed by atoms with Gasteiger partial charge in [-0.05, 0) is 32.0 Å². The van der Waals surface area contributed by atoms with Gasteiger partial charge in [0.25, 0.3) is 5.78 Å². The van der Waals surface area contributed by atoms with Crippen LogP contribution in [0.3, 0.4) is 0 Å². The number of aromatic carboxylic acids is 1. The van der Waals surface area contributed by atoms with Gasteiger partial charge in [-0.3, -0.25) is 4.79 Å². The number of anilines is 1. The molecule has 0 radical (unpaired) electrons. The summed E-state index contributed by atoms with van der Waals surface area (Å²) in [5.74, 6) is -0.813. The number of amides is 1. The van der Waals surface area contributed by atoms with E-state index in [9.17, 15) is 9.59 Å². The number of hydrogen-bond acceptors (Lipinski definition) is 5. The highest BCUT2D eigenvalue weighted by atomic mass is 16.4. The Labute approximate surface area is 137 Å². The van der Waals surface area contributed by atoms with Crippen LogP contribution in [0.1, 0.15) is 27.3 Å². The molecule has 2 heterocycles. The number of carbonyl (C=O) groups excluding carboxylic acids is 1. The molecule has 122 valence electrons. The van der Waals surface area contributed by atoms with Crippen LogP contribution in [-0.2, 0) is 11.2 Å². The SMILES string of the molecule is Cc1nc2ncnn2c(C)c1CC(=O)Nc1cccc(C(=O)O)c1. The minimum Gasteiger partial charge on any atom is -0.478 e. The molecule has 0 spiro atoms. The zero-order valence-corrected chi connectivity index (χ0v) is 13.1. The Balaban J connectivity index is 1.83. The van der Waals surface area contributed by atoms with Crippen LogP contribution in [0.15, 0.2) is 30.6 Å². The number of carbonyl (C=O) groups is 2. The van der Waals surface area contributed by atoms with Crippen LogP contribution in [0.2, 0.25) is 0 Å². The van der Waals surface area contributed by atoms with Gasteiger partial charge in [-0.15, -0.1) is 0 Å². The van der Waals surface area contributed by atoms with Crippen LogP contribution in [0, 0.1) is 13.8 Å². The molecule has 2 N–H and O–H groups in total. The average molecular weight is 325 g/mol. The topological polar surface area (TPSA) is 109 Å². The molecule has 24 heavy (non-hydrogen) atoms. The highest BCUT2D eigenvalue weighted by Crippen LogP contribution is 2.15. The fourth-order valence-corrected chi connectivity index (χ4v) is 2.51. The van der Waals surface area contributed by atoms with Crippen molar-refractivity contribution in [2.24, 2.45) is 0 Å². The molecule has 0 aliphatic heterocycles. The third kappa shape index (κ3) is 2.94. The maximum absolute atomic E-state index is 12.3. The lowest BCUT2D eigenvalue weighted by Gasteiger charge is -2.11. The maximum Gasteiger partial charge on any atom is 0.335 e. The second-order valence-corrected chi connectivity index (χ2v) is 5.34. The van der Waals surface area contributed by atoms with E-state index in [1.807, 2.05) is 13.8 Å². The van der Waals surface area contributed by atoms with Crippen LogP contribution in [0.25, 0.3) is 5.78 Å². The number of benzene rings is 1. The number of fused-ring (bicyclic) bond motifs is 1. The lowest BCUT2D eigenvalue weighted by molar-refractivity contribution is -0.115. The molecule has 1 amide bonds. The van der Waals surface area contributed by atoms with Gasteiger partial charge in [0.15, 0.2) is 0 Å². The smallest absolute Gasteiger partial charge is 0.335 e. The molecular formula is C16H15N5O3. The van der Waals surface area contributed by atoms with Crippen molar-refractivity contribution in [3.8, 4) is 0 Å². The Morgan fingerprint density at radius 3 is 2.83 bits per heavy atom. The minimum atomic E-state index is -1.04. The average Bonchev–Trinajstić information content (AvgIpc) is 3.00. The fourth-order valence-electron chi connectivity index (χ4n) is 2.51. The molecular weight excluding hydrogens is 310 g/mol. The van der Waals surface area contributed by atoms with Gasteiger partial charge in [0.05, 0.1) is 12.0 Å². The van der Waals surface area contributed by atoms with E-state index in [1.54, 1.807) is 16.6 Å². The van der Waals surface area contributed by atoms with Crippen molar-refractivity contribution in [3.05, 3.63) is 53.1 Å². The van der Waals surface area contributed by atoms with Gasteiger partial charge in [-0.2, -0.15) is 10.1 Å². The zero-order chi connectivity index (χ0) is 17.3. The Kier molecular flexibility index (Phi) is 3.95. The summed E-state index contributed by atoms with van der Waals surface area (Å²) in [5.41, 5.74) is 2.82. The summed E-state index contributed by atoms with van der Waals surface area (Å²) in [6.07, 6.45) is 1.52. The monoisotopic (exact) mass is 325 g/mol. The van der Waals surface area contributed by atoms with Crippen LogP contribution in [0.4, 0.5) is 5.69 Å². The van der Waals surface area contributed by atoms with Gasteiger partial charge in [0.1, 0.15) is 6.33 Å². The quantitative estimate of drug-likeness (QED) is 0.754. The summed E-state index contributed by atoms with van der Waals surface area (Å²) in [5, 5.41) is 15.8. The van der Waals surface area contributed by atoms with E-state index in [1.165, 1.54) is 18.5 Å². The largest absolute Gasteiger partial charge is 0.478 e. The van der Waals surface area contributed by atoms with Crippen LogP contribution in [-0.4, -0.2) is 36.6 Å². The summed E-state index contributed by atoms with van der Waals surface area (Å²) < 4.78 is 1.58. The summed E-state index contributed by atoms with van der Waals surface area (Å²) in [7, 11) is 0. The second kappa shape index (κ2) is 6.07. The van der Waals surface area contributed by atoms with E-state index in [-0.39, 0.29) is 17.9 Å². The lowest BCUT2D eigenvalue weighted by atomic mass is 10.1. The first kappa shape index (κ1) is 15.6. The van der Waals surface area contributed by atoms with Gasteiger partial charge in [0.2, 0.25) is 5.91 Å². The van der Waals surface area contributed by atoms with E-state index < -0.39 is 5.97 Å². The Morgan fingerprint density at radius 1 is 1.29 bits per heavy atom. The molecule has 0 saturated carbocycles. The number of carboxylic acids is 1. The minimum absolute atomic E-state index is 0.109. The summed E-state index contributed by atoms with van der Waals surface area (Å²) in [6, 6.07) is 6.11. The van der Waals surface area contributed by atoms with Gasteiger partial charge < -0.3 is 10.4 Å². The Morgan fingerprint density at radius 2 is 2.08 bits per heavy atom. The molecule has 0 aliphatic carbocycles. The van der Waals surface area contributed by atoms with Gasteiger partial charge in [0, 0.05) is 22.6 Å². The van der Waals surface area contributed by atoms with Gasteiger partial charge in [-0.25, -0.2) is 14.3 Å². The van der Waals surface area contributed by atoms with Crippen molar-refractivity contribution < 1.29 is 14.7 Å². The Bertz CT molecular complexity index is 948. The van der Waals surface area contributed by atoms with Gasteiger partial charge >= 0.3 is 5.97 Å². The molecule has 2 aromatic heterocycles. The first-order valence-electron chi connectivity index (χ1n) is 7.24. The number of carboxylic acid groups (broad SMARTS) is 1. The van der Waals surface area contributed by atoms with E-state index in [4.69, 9.17) is 5.11 Å². The Hall–Kier alpha value is -3.29. The van der Waals surface area contributed by atoms with Crippen LogP contribution in [0.5, 0.6) is 0 Å². The van der Waals surface area contributed by atoms with Crippen molar-refractivity contribution in [2.75, 3.05) is 5.32 Å². The number of nitrogens with zero attached hydrogens (tertiary/aromatic N) is 4. The van der Waals surface area contributed by atoms with Crippen molar-refractivity contribution in [2.45, 2.75) is 20.3 Å². The van der Waals surface area contributed by atoms with E-state index in [2.05, 4.69) is 20.4 Å². The second-order valence-electron chi connectivity index (χ2n) is 5.34. The number of rotatable bonds is 4. The number of nitrogens with one attached hydrogen (secondary N) is 1. The summed E-state index contributed by atoms with van der Waals surface area (Å²) in [4.78, 5) is 31.7. The highest BCUT2D eigenvalue weighted by molar-refractivity contribution is 5.95. The molecule has 0 atom stereocenters. The van der Waals surface area contributed by atoms with Crippen LogP contribution >= 0.6 is 0 Å². The molecule has 1 aromatic carbocycles. The molecule has 0 saturated heterocycles. The molecule has 0 fully saturated rings. The van der Waals surface area contributed by atoms with Crippen molar-refractivity contribution >= 4 is 23.3 Å². The number of aromatic nitrogens is 4.